The van der Waals surface area contributed by atoms with Gasteiger partial charge in [0.25, 0.3) is 0 Å². The molecule has 7 nitrogen and oxygen atoms in total. The van der Waals surface area contributed by atoms with E-state index in [2.05, 4.69) is 10.6 Å². The maximum Gasteiger partial charge on any atom is 0.314 e. The molecule has 0 aliphatic carbocycles. The van der Waals surface area contributed by atoms with Crippen molar-refractivity contribution >= 4 is 12.0 Å². The lowest BCUT2D eigenvalue weighted by atomic mass is 10.1. The van der Waals surface area contributed by atoms with Crippen LogP contribution in [0.3, 0.4) is 0 Å². The average molecular weight is 310 g/mol. The first-order valence-corrected chi connectivity index (χ1v) is 7.06. The molecule has 1 unspecified atom stereocenters. The second-order valence-corrected chi connectivity index (χ2v) is 5.03. The van der Waals surface area contributed by atoms with Crippen molar-refractivity contribution in [3.8, 4) is 5.75 Å². The molecule has 0 spiro atoms. The van der Waals surface area contributed by atoms with Crippen molar-refractivity contribution in [2.75, 3.05) is 13.1 Å². The van der Waals surface area contributed by atoms with Gasteiger partial charge in [0.15, 0.2) is 0 Å². The van der Waals surface area contributed by atoms with E-state index in [1.165, 1.54) is 0 Å². The molecule has 4 N–H and O–H groups in total. The number of benzene rings is 1. The number of carboxylic acids is 1. The summed E-state index contributed by atoms with van der Waals surface area (Å²) in [5.74, 6) is -0.269. The topological polar surface area (TPSA) is 108 Å². The molecule has 0 saturated carbocycles. The van der Waals surface area contributed by atoms with Crippen LogP contribution in [0.2, 0.25) is 0 Å². The molecule has 0 aliphatic rings. The van der Waals surface area contributed by atoms with Crippen LogP contribution in [0, 0.1) is 0 Å². The van der Waals surface area contributed by atoms with E-state index in [0.717, 1.165) is 0 Å². The molecular weight excluding hydrogens is 288 g/mol. The van der Waals surface area contributed by atoms with Gasteiger partial charge < -0.3 is 25.6 Å². The lowest BCUT2D eigenvalue weighted by Crippen LogP contribution is -2.38. The molecule has 122 valence electrons. The Balaban J connectivity index is 2.36. The van der Waals surface area contributed by atoms with Gasteiger partial charge >= 0.3 is 12.0 Å². The zero-order valence-electron chi connectivity index (χ0n) is 12.7. The van der Waals surface area contributed by atoms with Crippen molar-refractivity contribution in [2.45, 2.75) is 32.5 Å². The van der Waals surface area contributed by atoms with Crippen molar-refractivity contribution < 1.29 is 24.5 Å². The lowest BCUT2D eigenvalue weighted by molar-refractivity contribution is -0.136. The summed E-state index contributed by atoms with van der Waals surface area (Å²) in [6, 6.07) is 6.45. The Kier molecular flexibility index (Phi) is 7.18. The highest BCUT2D eigenvalue weighted by atomic mass is 16.5. The first kappa shape index (κ1) is 17.8. The minimum absolute atomic E-state index is 0.0310. The van der Waals surface area contributed by atoms with Gasteiger partial charge in [-0.15, -0.1) is 0 Å². The van der Waals surface area contributed by atoms with Gasteiger partial charge in [-0.2, -0.15) is 0 Å². The van der Waals surface area contributed by atoms with E-state index in [0.29, 0.717) is 11.3 Å². The number of aliphatic carboxylic acids is 1. The zero-order valence-corrected chi connectivity index (χ0v) is 12.7. The van der Waals surface area contributed by atoms with Crippen LogP contribution in [0.4, 0.5) is 4.79 Å². The van der Waals surface area contributed by atoms with E-state index in [-0.39, 0.29) is 25.6 Å². The van der Waals surface area contributed by atoms with E-state index in [4.69, 9.17) is 9.84 Å². The maximum atomic E-state index is 11.4. The standard InChI is InChI=1S/C15H22N2O5/c1-10(2)22-12-5-3-11(4-6-12)13(18)9-17-15(21)16-8-7-14(19)20/h3-6,10,13,18H,7-9H2,1-2H3,(H,19,20)(H2,16,17,21). The SMILES string of the molecule is CC(C)Oc1ccc(C(O)CNC(=O)NCCC(=O)O)cc1. The van der Waals surface area contributed by atoms with Crippen molar-refractivity contribution in [1.82, 2.24) is 10.6 Å². The monoisotopic (exact) mass is 310 g/mol. The summed E-state index contributed by atoms with van der Waals surface area (Å²) < 4.78 is 5.50. The highest BCUT2D eigenvalue weighted by molar-refractivity contribution is 5.75. The van der Waals surface area contributed by atoms with E-state index in [1.54, 1.807) is 24.3 Å². The van der Waals surface area contributed by atoms with Crippen molar-refractivity contribution in [2.24, 2.45) is 0 Å². The van der Waals surface area contributed by atoms with Crippen LogP contribution >= 0.6 is 0 Å². The summed E-state index contributed by atoms with van der Waals surface area (Å²) in [5, 5.41) is 23.3. The molecule has 0 fully saturated rings. The van der Waals surface area contributed by atoms with Gasteiger partial charge in [-0.3, -0.25) is 4.79 Å². The van der Waals surface area contributed by atoms with Gasteiger partial charge in [-0.05, 0) is 31.5 Å². The molecule has 1 rings (SSSR count). The van der Waals surface area contributed by atoms with Crippen LogP contribution in [0.25, 0.3) is 0 Å². The molecule has 2 amide bonds. The number of carbonyl (C=O) groups is 2. The summed E-state index contributed by atoms with van der Waals surface area (Å²) in [6.07, 6.45) is -0.918. The largest absolute Gasteiger partial charge is 0.491 e. The summed E-state index contributed by atoms with van der Waals surface area (Å²) in [7, 11) is 0. The molecule has 1 aromatic rings. The lowest BCUT2D eigenvalue weighted by Gasteiger charge is -2.14. The Morgan fingerprint density at radius 2 is 1.82 bits per heavy atom. The van der Waals surface area contributed by atoms with Crippen molar-refractivity contribution in [1.29, 1.82) is 0 Å². The first-order chi connectivity index (χ1) is 10.4. The molecule has 1 atom stereocenters. The van der Waals surface area contributed by atoms with E-state index >= 15 is 0 Å². The predicted molar refractivity (Wildman–Crippen MR) is 80.8 cm³/mol. The van der Waals surface area contributed by atoms with E-state index in [1.807, 2.05) is 13.8 Å². The minimum Gasteiger partial charge on any atom is -0.491 e. The van der Waals surface area contributed by atoms with Crippen LogP contribution in [0.1, 0.15) is 31.9 Å². The summed E-state index contributed by atoms with van der Waals surface area (Å²) in [5.41, 5.74) is 0.655. The van der Waals surface area contributed by atoms with E-state index < -0.39 is 18.1 Å². The number of aliphatic hydroxyl groups is 1. The summed E-state index contributed by atoms with van der Waals surface area (Å²) >= 11 is 0. The second kappa shape index (κ2) is 8.89. The van der Waals surface area contributed by atoms with Crippen LogP contribution in [-0.4, -0.2) is 41.4 Å². The van der Waals surface area contributed by atoms with Gasteiger partial charge in [0, 0.05) is 13.1 Å². The van der Waals surface area contributed by atoms with Gasteiger partial charge in [-0.1, -0.05) is 12.1 Å². The van der Waals surface area contributed by atoms with Crippen LogP contribution in [0.15, 0.2) is 24.3 Å². The molecule has 7 heteroatoms. The summed E-state index contributed by atoms with van der Waals surface area (Å²) in [6.45, 7) is 3.92. The van der Waals surface area contributed by atoms with E-state index in [9.17, 15) is 14.7 Å². The van der Waals surface area contributed by atoms with Gasteiger partial charge in [0.2, 0.25) is 0 Å². The number of hydrogen-bond donors (Lipinski definition) is 4. The van der Waals surface area contributed by atoms with Gasteiger partial charge in [0.05, 0.1) is 18.6 Å². The fraction of sp³-hybridized carbons (Fsp3) is 0.467. The number of rotatable bonds is 8. The Morgan fingerprint density at radius 3 is 2.36 bits per heavy atom. The molecule has 0 saturated heterocycles. The summed E-state index contributed by atoms with van der Waals surface area (Å²) in [4.78, 5) is 21.7. The highest BCUT2D eigenvalue weighted by Crippen LogP contribution is 2.18. The number of urea groups is 1. The third kappa shape index (κ3) is 6.94. The van der Waals surface area contributed by atoms with Crippen molar-refractivity contribution in [3.05, 3.63) is 29.8 Å². The fourth-order valence-corrected chi connectivity index (χ4v) is 1.69. The molecule has 0 radical (unpaired) electrons. The fourth-order valence-electron chi connectivity index (χ4n) is 1.69. The van der Waals surface area contributed by atoms with Crippen LogP contribution in [-0.2, 0) is 4.79 Å². The minimum atomic E-state index is -0.982. The smallest absolute Gasteiger partial charge is 0.314 e. The highest BCUT2D eigenvalue weighted by Gasteiger charge is 2.10. The first-order valence-electron chi connectivity index (χ1n) is 7.06. The number of ether oxygens (including phenoxy) is 1. The molecule has 22 heavy (non-hydrogen) atoms. The second-order valence-electron chi connectivity index (χ2n) is 5.03. The Hall–Kier alpha value is -2.28. The quantitative estimate of drug-likeness (QED) is 0.578. The van der Waals surface area contributed by atoms with Gasteiger partial charge in [0.1, 0.15) is 5.75 Å². The third-order valence-electron chi connectivity index (χ3n) is 2.72. The maximum absolute atomic E-state index is 11.4. The normalized spacial score (nSPS) is 11.8. The van der Waals surface area contributed by atoms with Crippen LogP contribution in [0.5, 0.6) is 5.75 Å². The molecular formula is C15H22N2O5. The number of hydrogen-bond acceptors (Lipinski definition) is 4. The third-order valence-corrected chi connectivity index (χ3v) is 2.72. The number of aliphatic hydroxyl groups excluding tert-OH is 1. The number of amides is 2. The molecule has 0 heterocycles. The predicted octanol–water partition coefficient (Wildman–Crippen LogP) is 1.28. The van der Waals surface area contributed by atoms with Gasteiger partial charge in [-0.25, -0.2) is 4.79 Å². The Labute approximate surface area is 129 Å². The molecule has 0 aliphatic heterocycles. The Bertz CT molecular complexity index is 487. The molecule has 0 aromatic heterocycles. The van der Waals surface area contributed by atoms with Crippen LogP contribution < -0.4 is 15.4 Å². The Morgan fingerprint density at radius 1 is 1.18 bits per heavy atom. The number of carbonyl (C=O) groups excluding carboxylic acids is 1. The van der Waals surface area contributed by atoms with Crippen molar-refractivity contribution in [3.63, 3.8) is 0 Å². The number of nitrogens with one attached hydrogen (secondary N) is 2. The average Bonchev–Trinajstić information content (AvgIpc) is 2.44. The molecule has 1 aromatic carbocycles. The zero-order chi connectivity index (χ0) is 16.5. The number of carboxylic acid groups (broad SMARTS) is 1. The molecule has 0 bridgehead atoms.